The molecule has 6 heteroatoms. The number of rotatable bonds is 50. The summed E-state index contributed by atoms with van der Waals surface area (Å²) in [7, 11) is 0. The number of hydrogen-bond donors (Lipinski definition) is 3. The summed E-state index contributed by atoms with van der Waals surface area (Å²) in [4.78, 5) is 26.2. The van der Waals surface area contributed by atoms with Crippen molar-refractivity contribution in [2.24, 2.45) is 0 Å². The number of allylic oxidation sites excluding steroid dienone is 4. The van der Waals surface area contributed by atoms with E-state index in [1.165, 1.54) is 186 Å². The average molecular weight is 874 g/mol. The molecule has 3 atom stereocenters. The van der Waals surface area contributed by atoms with E-state index >= 15 is 0 Å². The SMILES string of the molecule is CCCCCC/C=C\CCCCCCCC(CC(=O)NC(CO)C(O)CCCCCCCCCCCCCCCC)OC(=O)CCCCCCC/C=C/CCCCCCCCC. The normalized spacial score (nSPS) is 13.3. The van der Waals surface area contributed by atoms with E-state index < -0.39 is 18.2 Å². The maximum absolute atomic E-state index is 13.2. The van der Waals surface area contributed by atoms with Crippen molar-refractivity contribution in [2.75, 3.05) is 6.61 Å². The minimum atomic E-state index is -0.788. The number of carbonyl (C=O) groups excluding carboxylic acids is 2. The number of esters is 1. The van der Waals surface area contributed by atoms with E-state index in [1.54, 1.807) is 0 Å². The zero-order valence-corrected chi connectivity index (χ0v) is 41.8. The van der Waals surface area contributed by atoms with Crippen LogP contribution in [0.3, 0.4) is 0 Å². The van der Waals surface area contributed by atoms with Gasteiger partial charge in [0.2, 0.25) is 5.91 Å². The maximum Gasteiger partial charge on any atom is 0.306 e. The Morgan fingerprint density at radius 3 is 1.16 bits per heavy atom. The molecule has 62 heavy (non-hydrogen) atoms. The molecule has 0 saturated heterocycles. The van der Waals surface area contributed by atoms with Crippen LogP contribution in [0, 0.1) is 0 Å². The molecule has 366 valence electrons. The van der Waals surface area contributed by atoms with E-state index in [2.05, 4.69) is 50.4 Å². The molecule has 0 aromatic heterocycles. The van der Waals surface area contributed by atoms with E-state index in [9.17, 15) is 19.8 Å². The van der Waals surface area contributed by atoms with Crippen LogP contribution in [0.1, 0.15) is 297 Å². The van der Waals surface area contributed by atoms with E-state index in [0.29, 0.717) is 19.3 Å². The summed E-state index contributed by atoms with van der Waals surface area (Å²) in [6.45, 7) is 6.49. The standard InChI is InChI=1S/C56H107NO5/c1-4-7-10-13-16-19-22-25-27-28-31-34-37-40-43-46-49-56(61)62-52(47-44-41-38-35-32-29-24-21-18-15-12-9-6-3)50-55(60)57-53(51-58)54(59)48-45-42-39-36-33-30-26-23-20-17-14-11-8-5-2/h21,24,27-28,52-54,58-59H,4-20,22-23,25-26,29-51H2,1-3H3,(H,57,60)/b24-21-,28-27+. The maximum atomic E-state index is 13.2. The Kier molecular flexibility index (Phi) is 49.0. The Balaban J connectivity index is 4.54. The molecule has 0 bridgehead atoms. The molecule has 0 heterocycles. The molecule has 0 aliphatic rings. The number of carbonyl (C=O) groups is 2. The summed E-state index contributed by atoms with van der Waals surface area (Å²) in [6.07, 6.45) is 58.1. The number of aliphatic hydroxyl groups is 2. The first kappa shape index (κ1) is 60.3. The fraction of sp³-hybridized carbons (Fsp3) is 0.893. The first-order valence-corrected chi connectivity index (χ1v) is 27.6. The molecule has 0 aliphatic carbocycles. The Bertz CT molecular complexity index is 981. The summed E-state index contributed by atoms with van der Waals surface area (Å²) in [5.74, 6) is -0.478. The Labute approximate surface area is 386 Å². The van der Waals surface area contributed by atoms with Crippen LogP contribution < -0.4 is 5.32 Å². The van der Waals surface area contributed by atoms with Crippen LogP contribution >= 0.6 is 0 Å². The largest absolute Gasteiger partial charge is 0.462 e. The first-order valence-electron chi connectivity index (χ1n) is 27.6. The second-order valence-electron chi connectivity index (χ2n) is 19.0. The lowest BCUT2D eigenvalue weighted by Gasteiger charge is -2.24. The molecule has 0 radical (unpaired) electrons. The lowest BCUT2D eigenvalue weighted by atomic mass is 10.0. The van der Waals surface area contributed by atoms with Gasteiger partial charge in [-0.15, -0.1) is 0 Å². The van der Waals surface area contributed by atoms with Crippen molar-refractivity contribution in [3.05, 3.63) is 24.3 Å². The van der Waals surface area contributed by atoms with Crippen LogP contribution in [0.5, 0.6) is 0 Å². The van der Waals surface area contributed by atoms with Gasteiger partial charge in [0.25, 0.3) is 0 Å². The highest BCUT2D eigenvalue weighted by Gasteiger charge is 2.24. The smallest absolute Gasteiger partial charge is 0.306 e. The quantitative estimate of drug-likeness (QED) is 0.0321. The van der Waals surface area contributed by atoms with Crippen molar-refractivity contribution >= 4 is 11.9 Å². The lowest BCUT2D eigenvalue weighted by Crippen LogP contribution is -2.46. The van der Waals surface area contributed by atoms with E-state index in [1.807, 2.05) is 0 Å². The van der Waals surface area contributed by atoms with E-state index in [-0.39, 0.29) is 24.9 Å². The molecule has 0 saturated carbocycles. The molecule has 0 aliphatic heterocycles. The topological polar surface area (TPSA) is 95.9 Å². The molecule has 0 rings (SSSR count). The molecular weight excluding hydrogens is 767 g/mol. The van der Waals surface area contributed by atoms with Gasteiger partial charge < -0.3 is 20.3 Å². The molecule has 3 unspecified atom stereocenters. The van der Waals surface area contributed by atoms with Crippen molar-refractivity contribution in [2.45, 2.75) is 315 Å². The van der Waals surface area contributed by atoms with Crippen molar-refractivity contribution in [3.63, 3.8) is 0 Å². The van der Waals surface area contributed by atoms with Gasteiger partial charge in [-0.2, -0.15) is 0 Å². The summed E-state index contributed by atoms with van der Waals surface area (Å²) in [5.41, 5.74) is 0. The third-order valence-electron chi connectivity index (χ3n) is 12.8. The van der Waals surface area contributed by atoms with Gasteiger partial charge in [0.15, 0.2) is 0 Å². The van der Waals surface area contributed by atoms with Crippen LogP contribution in [-0.2, 0) is 14.3 Å². The third kappa shape index (κ3) is 44.9. The summed E-state index contributed by atoms with van der Waals surface area (Å²) >= 11 is 0. The average Bonchev–Trinajstić information content (AvgIpc) is 3.26. The number of unbranched alkanes of at least 4 members (excludes halogenated alkanes) is 34. The molecule has 0 spiro atoms. The first-order chi connectivity index (χ1) is 30.5. The highest BCUT2D eigenvalue weighted by molar-refractivity contribution is 5.77. The number of ether oxygens (including phenoxy) is 1. The zero-order chi connectivity index (χ0) is 45.2. The minimum absolute atomic E-state index is 0.0728. The highest BCUT2D eigenvalue weighted by Crippen LogP contribution is 2.18. The van der Waals surface area contributed by atoms with Gasteiger partial charge in [-0.25, -0.2) is 0 Å². The third-order valence-corrected chi connectivity index (χ3v) is 12.8. The van der Waals surface area contributed by atoms with Crippen LogP contribution in [-0.4, -0.2) is 46.9 Å². The number of hydrogen-bond acceptors (Lipinski definition) is 5. The van der Waals surface area contributed by atoms with Crippen LogP contribution in [0.15, 0.2) is 24.3 Å². The summed E-state index contributed by atoms with van der Waals surface area (Å²) in [6, 6.07) is -0.702. The second kappa shape index (κ2) is 50.3. The second-order valence-corrected chi connectivity index (χ2v) is 19.0. The van der Waals surface area contributed by atoms with Crippen molar-refractivity contribution in [1.29, 1.82) is 0 Å². The molecule has 0 aromatic carbocycles. The van der Waals surface area contributed by atoms with Gasteiger partial charge in [-0.3, -0.25) is 9.59 Å². The molecule has 1 amide bonds. The molecule has 6 nitrogen and oxygen atoms in total. The van der Waals surface area contributed by atoms with Gasteiger partial charge in [-0.05, 0) is 77.0 Å². The van der Waals surface area contributed by atoms with E-state index in [4.69, 9.17) is 4.74 Å². The number of amides is 1. The van der Waals surface area contributed by atoms with Crippen molar-refractivity contribution in [1.82, 2.24) is 5.32 Å². The number of nitrogens with one attached hydrogen (secondary N) is 1. The monoisotopic (exact) mass is 874 g/mol. The molecule has 0 fully saturated rings. The van der Waals surface area contributed by atoms with Crippen LogP contribution in [0.2, 0.25) is 0 Å². The number of aliphatic hydroxyl groups excluding tert-OH is 2. The van der Waals surface area contributed by atoms with Gasteiger partial charge in [-0.1, -0.05) is 231 Å². The van der Waals surface area contributed by atoms with Crippen LogP contribution in [0.4, 0.5) is 0 Å². The van der Waals surface area contributed by atoms with Gasteiger partial charge in [0.05, 0.1) is 25.2 Å². The molecule has 0 aromatic rings. The van der Waals surface area contributed by atoms with Crippen molar-refractivity contribution < 1.29 is 24.5 Å². The fourth-order valence-electron chi connectivity index (χ4n) is 8.54. The Morgan fingerprint density at radius 2 is 0.774 bits per heavy atom. The molecular formula is C56H107NO5. The zero-order valence-electron chi connectivity index (χ0n) is 41.8. The van der Waals surface area contributed by atoms with Crippen molar-refractivity contribution in [3.8, 4) is 0 Å². The highest BCUT2D eigenvalue weighted by atomic mass is 16.5. The van der Waals surface area contributed by atoms with Crippen LogP contribution in [0.25, 0.3) is 0 Å². The predicted molar refractivity (Wildman–Crippen MR) is 269 cm³/mol. The minimum Gasteiger partial charge on any atom is -0.462 e. The predicted octanol–water partition coefficient (Wildman–Crippen LogP) is 16.7. The van der Waals surface area contributed by atoms with Gasteiger partial charge >= 0.3 is 5.97 Å². The van der Waals surface area contributed by atoms with E-state index in [0.717, 1.165) is 64.2 Å². The van der Waals surface area contributed by atoms with Gasteiger partial charge in [0.1, 0.15) is 6.10 Å². The van der Waals surface area contributed by atoms with Gasteiger partial charge in [0, 0.05) is 6.42 Å². The summed E-state index contributed by atoms with van der Waals surface area (Å²) in [5, 5.41) is 23.8. The lowest BCUT2D eigenvalue weighted by molar-refractivity contribution is -0.151. The Morgan fingerprint density at radius 1 is 0.452 bits per heavy atom. The molecule has 3 N–H and O–H groups in total. The fourth-order valence-corrected chi connectivity index (χ4v) is 8.54. The Hall–Kier alpha value is -1.66. The summed E-state index contributed by atoms with van der Waals surface area (Å²) < 4.78 is 5.94.